The number of nitrogens with zero attached hydrogens (tertiary/aromatic N) is 2. The fourth-order valence-electron chi connectivity index (χ4n) is 3.47. The molecule has 146 valence electrons. The second kappa shape index (κ2) is 8.63. The highest BCUT2D eigenvalue weighted by Gasteiger charge is 2.19. The summed E-state index contributed by atoms with van der Waals surface area (Å²) in [5.41, 5.74) is 2.28. The van der Waals surface area contributed by atoms with Gasteiger partial charge >= 0.3 is 0 Å². The minimum absolute atomic E-state index is 0.578. The summed E-state index contributed by atoms with van der Waals surface area (Å²) in [4.78, 5) is 3.13. The first-order valence-corrected chi connectivity index (χ1v) is 9.89. The number of aromatic nitrogens is 1. The molecule has 1 fully saturated rings. The number of methoxy groups -OCH3 is 1. The predicted molar refractivity (Wildman–Crippen MR) is 115 cm³/mol. The van der Waals surface area contributed by atoms with E-state index in [1.54, 1.807) is 7.11 Å². The first-order valence-electron chi connectivity index (χ1n) is 9.48. The first-order chi connectivity index (χ1) is 13.8. The number of fused-ring (bicyclic) bond motifs is 1. The van der Waals surface area contributed by atoms with Crippen LogP contribution in [-0.4, -0.2) is 54.5 Å². The van der Waals surface area contributed by atoms with E-state index in [-0.39, 0.29) is 0 Å². The summed E-state index contributed by atoms with van der Waals surface area (Å²) in [5.74, 6) is 1.66. The van der Waals surface area contributed by atoms with E-state index >= 15 is 0 Å². The third-order valence-electron chi connectivity index (χ3n) is 4.98. The molecule has 5 nitrogen and oxygen atoms in total. The molecule has 0 amide bonds. The largest absolute Gasteiger partial charge is 0.497 e. The standard InChI is InChI=1S/C22H24N2O3S/c1-25-17-6-8-18(9-7-17)27-15-12-24-16-20(19-4-2-3-5-21(19)24)22(28)23-10-13-26-14-11-23/h2-9,16H,10-15H2,1H3. The lowest BCUT2D eigenvalue weighted by atomic mass is 10.1. The molecule has 0 saturated carbocycles. The molecule has 1 aliphatic rings. The number of benzene rings is 2. The maximum atomic E-state index is 5.91. The quantitative estimate of drug-likeness (QED) is 0.593. The summed E-state index contributed by atoms with van der Waals surface area (Å²) >= 11 is 5.81. The Morgan fingerprint density at radius 1 is 1.04 bits per heavy atom. The van der Waals surface area contributed by atoms with E-state index in [4.69, 9.17) is 26.4 Å². The van der Waals surface area contributed by atoms with E-state index < -0.39 is 0 Å². The lowest BCUT2D eigenvalue weighted by Crippen LogP contribution is -2.40. The van der Waals surface area contributed by atoms with Gasteiger partial charge in [-0.3, -0.25) is 0 Å². The van der Waals surface area contributed by atoms with Crippen molar-refractivity contribution in [3.05, 3.63) is 60.3 Å². The van der Waals surface area contributed by atoms with Crippen molar-refractivity contribution in [1.29, 1.82) is 0 Å². The van der Waals surface area contributed by atoms with Gasteiger partial charge in [-0.15, -0.1) is 0 Å². The van der Waals surface area contributed by atoms with Gasteiger partial charge in [-0.25, -0.2) is 0 Å². The number of para-hydroxylation sites is 1. The summed E-state index contributed by atoms with van der Waals surface area (Å²) in [6.45, 7) is 4.48. The van der Waals surface area contributed by atoms with Crippen molar-refractivity contribution >= 4 is 28.1 Å². The van der Waals surface area contributed by atoms with Crippen molar-refractivity contribution in [3.63, 3.8) is 0 Å². The summed E-state index contributed by atoms with van der Waals surface area (Å²) in [6.07, 6.45) is 2.15. The van der Waals surface area contributed by atoms with Gasteiger partial charge in [0.1, 0.15) is 23.1 Å². The van der Waals surface area contributed by atoms with Crippen LogP contribution in [-0.2, 0) is 11.3 Å². The number of morpholine rings is 1. The van der Waals surface area contributed by atoms with Crippen LogP contribution in [0, 0.1) is 0 Å². The smallest absolute Gasteiger partial charge is 0.119 e. The molecule has 0 bridgehead atoms. The van der Waals surface area contributed by atoms with Crippen molar-refractivity contribution in [2.75, 3.05) is 40.0 Å². The molecule has 0 unspecified atom stereocenters. The molecular weight excluding hydrogens is 372 g/mol. The molecule has 2 aromatic carbocycles. The Kier molecular flexibility index (Phi) is 5.78. The fraction of sp³-hybridized carbons (Fsp3) is 0.318. The van der Waals surface area contributed by atoms with Crippen LogP contribution in [0.15, 0.2) is 54.7 Å². The Morgan fingerprint density at radius 2 is 1.75 bits per heavy atom. The second-order valence-electron chi connectivity index (χ2n) is 6.68. The van der Waals surface area contributed by atoms with Crippen molar-refractivity contribution in [2.45, 2.75) is 6.54 Å². The molecule has 0 spiro atoms. The Morgan fingerprint density at radius 3 is 2.50 bits per heavy atom. The van der Waals surface area contributed by atoms with Crippen LogP contribution >= 0.6 is 12.2 Å². The number of ether oxygens (including phenoxy) is 3. The fourth-order valence-corrected chi connectivity index (χ4v) is 3.82. The van der Waals surface area contributed by atoms with Crippen LogP contribution < -0.4 is 9.47 Å². The summed E-state index contributed by atoms with van der Waals surface area (Å²) < 4.78 is 18.8. The number of hydrogen-bond acceptors (Lipinski definition) is 4. The van der Waals surface area contributed by atoms with Gasteiger partial charge < -0.3 is 23.7 Å². The molecule has 2 heterocycles. The van der Waals surface area contributed by atoms with Crippen LogP contribution in [0.25, 0.3) is 10.9 Å². The third kappa shape index (κ3) is 3.98. The van der Waals surface area contributed by atoms with Gasteiger partial charge in [-0.1, -0.05) is 30.4 Å². The topological polar surface area (TPSA) is 35.9 Å². The van der Waals surface area contributed by atoms with Crippen molar-refractivity contribution in [3.8, 4) is 11.5 Å². The Balaban J connectivity index is 1.49. The number of rotatable bonds is 6. The monoisotopic (exact) mass is 396 g/mol. The molecule has 1 aliphatic heterocycles. The molecule has 0 aliphatic carbocycles. The lowest BCUT2D eigenvalue weighted by Gasteiger charge is -2.29. The van der Waals surface area contributed by atoms with E-state index in [9.17, 15) is 0 Å². The maximum absolute atomic E-state index is 5.91. The molecule has 6 heteroatoms. The SMILES string of the molecule is COc1ccc(OCCn2cc(C(=S)N3CCOCC3)c3ccccc32)cc1. The Bertz CT molecular complexity index is 946. The van der Waals surface area contributed by atoms with Gasteiger partial charge in [0.2, 0.25) is 0 Å². The van der Waals surface area contributed by atoms with E-state index in [0.29, 0.717) is 6.61 Å². The summed E-state index contributed by atoms with van der Waals surface area (Å²) in [6, 6.07) is 16.0. The molecule has 3 aromatic rings. The zero-order valence-corrected chi connectivity index (χ0v) is 16.8. The maximum Gasteiger partial charge on any atom is 0.119 e. The molecule has 4 rings (SSSR count). The zero-order chi connectivity index (χ0) is 19.3. The van der Waals surface area contributed by atoms with E-state index in [1.165, 1.54) is 10.9 Å². The Labute approximate surface area is 170 Å². The van der Waals surface area contributed by atoms with Crippen molar-refractivity contribution in [2.24, 2.45) is 0 Å². The average molecular weight is 397 g/mol. The van der Waals surface area contributed by atoms with E-state index in [1.807, 2.05) is 24.3 Å². The van der Waals surface area contributed by atoms with Crippen molar-refractivity contribution in [1.82, 2.24) is 9.47 Å². The van der Waals surface area contributed by atoms with Crippen LogP contribution in [0.3, 0.4) is 0 Å². The van der Waals surface area contributed by atoms with Crippen LogP contribution in [0.1, 0.15) is 5.56 Å². The molecule has 1 aromatic heterocycles. The zero-order valence-electron chi connectivity index (χ0n) is 16.0. The normalized spacial score (nSPS) is 14.2. The van der Waals surface area contributed by atoms with E-state index in [2.05, 4.69) is 39.9 Å². The minimum atomic E-state index is 0.578. The van der Waals surface area contributed by atoms with Gasteiger partial charge in [-0.05, 0) is 30.3 Å². The van der Waals surface area contributed by atoms with Gasteiger partial charge in [0.15, 0.2) is 0 Å². The highest BCUT2D eigenvalue weighted by Crippen LogP contribution is 2.24. The van der Waals surface area contributed by atoms with Crippen molar-refractivity contribution < 1.29 is 14.2 Å². The molecule has 28 heavy (non-hydrogen) atoms. The van der Waals surface area contributed by atoms with Gasteiger partial charge in [0.25, 0.3) is 0 Å². The molecular formula is C22H24N2O3S. The van der Waals surface area contributed by atoms with Crippen LogP contribution in [0.5, 0.6) is 11.5 Å². The van der Waals surface area contributed by atoms with E-state index in [0.717, 1.165) is 54.9 Å². The third-order valence-corrected chi connectivity index (χ3v) is 5.46. The van der Waals surface area contributed by atoms with Crippen LogP contribution in [0.4, 0.5) is 0 Å². The second-order valence-corrected chi connectivity index (χ2v) is 7.07. The molecule has 1 saturated heterocycles. The number of hydrogen-bond donors (Lipinski definition) is 0. The predicted octanol–water partition coefficient (Wildman–Crippen LogP) is 3.74. The van der Waals surface area contributed by atoms with Crippen LogP contribution in [0.2, 0.25) is 0 Å². The molecule has 0 N–H and O–H groups in total. The van der Waals surface area contributed by atoms with Gasteiger partial charge in [0, 0.05) is 35.8 Å². The molecule has 0 atom stereocenters. The first kappa shape index (κ1) is 18.8. The molecule has 0 radical (unpaired) electrons. The summed E-state index contributed by atoms with van der Waals surface area (Å²) in [5, 5.41) is 1.18. The van der Waals surface area contributed by atoms with Gasteiger partial charge in [-0.2, -0.15) is 0 Å². The highest BCUT2D eigenvalue weighted by molar-refractivity contribution is 7.80. The Hall–Kier alpha value is -2.57. The minimum Gasteiger partial charge on any atom is -0.497 e. The van der Waals surface area contributed by atoms with Gasteiger partial charge in [0.05, 0.1) is 26.9 Å². The summed E-state index contributed by atoms with van der Waals surface area (Å²) in [7, 11) is 1.66. The lowest BCUT2D eigenvalue weighted by molar-refractivity contribution is 0.0693. The average Bonchev–Trinajstić information content (AvgIpc) is 3.13. The highest BCUT2D eigenvalue weighted by atomic mass is 32.1. The number of thiocarbonyl (C=S) groups is 1.